The van der Waals surface area contributed by atoms with Gasteiger partial charge in [0.05, 0.1) is 0 Å². The van der Waals surface area contributed by atoms with Gasteiger partial charge in [0, 0.05) is 27.3 Å². The molecule has 7 heteroatoms. The lowest BCUT2D eigenvalue weighted by atomic mass is 9.85. The summed E-state index contributed by atoms with van der Waals surface area (Å²) in [5.74, 6) is -0.551. The van der Waals surface area contributed by atoms with Gasteiger partial charge in [-0.25, -0.2) is 0 Å². The van der Waals surface area contributed by atoms with Crippen LogP contribution in [0, 0.1) is 5.92 Å². The molecule has 3 rings (SSSR count). The molecule has 160 valence electrons. The van der Waals surface area contributed by atoms with Crippen LogP contribution in [0.3, 0.4) is 0 Å². The molecule has 0 aromatic heterocycles. The van der Waals surface area contributed by atoms with Crippen molar-refractivity contribution in [3.8, 4) is 0 Å². The van der Waals surface area contributed by atoms with Gasteiger partial charge in [0.2, 0.25) is 11.8 Å². The first kappa shape index (κ1) is 22.9. The molecular weight excluding hydrogens is 443 g/mol. The van der Waals surface area contributed by atoms with Crippen molar-refractivity contribution in [3.05, 3.63) is 64.1 Å². The lowest BCUT2D eigenvalue weighted by Crippen LogP contribution is -2.49. The molecule has 1 fully saturated rings. The normalized spacial score (nSPS) is 19.7. The van der Waals surface area contributed by atoms with Crippen molar-refractivity contribution in [3.63, 3.8) is 0 Å². The molecule has 0 spiro atoms. The summed E-state index contributed by atoms with van der Waals surface area (Å²) in [6.45, 7) is 2.15. The summed E-state index contributed by atoms with van der Waals surface area (Å²) < 4.78 is 0. The Bertz CT molecular complexity index is 888. The fraction of sp³-hybridized carbons (Fsp3) is 0.391. The monoisotopic (exact) mass is 466 g/mol. The Morgan fingerprint density at radius 2 is 1.73 bits per heavy atom. The van der Waals surface area contributed by atoms with Crippen molar-refractivity contribution >= 4 is 52.3 Å². The van der Waals surface area contributed by atoms with Crippen LogP contribution in [0.4, 0.5) is 5.69 Å². The maximum absolute atomic E-state index is 13.6. The van der Waals surface area contributed by atoms with Gasteiger partial charge in [-0.05, 0) is 49.1 Å². The van der Waals surface area contributed by atoms with Gasteiger partial charge in [-0.1, -0.05) is 61.2 Å². The van der Waals surface area contributed by atoms with Crippen molar-refractivity contribution in [2.45, 2.75) is 44.7 Å². The summed E-state index contributed by atoms with van der Waals surface area (Å²) >= 11 is 18.4. The van der Waals surface area contributed by atoms with E-state index < -0.39 is 11.9 Å². The van der Waals surface area contributed by atoms with E-state index in [0.717, 1.165) is 19.3 Å². The van der Waals surface area contributed by atoms with E-state index in [1.54, 1.807) is 48.5 Å². The highest BCUT2D eigenvalue weighted by atomic mass is 35.5. The van der Waals surface area contributed by atoms with Crippen LogP contribution in [-0.4, -0.2) is 23.7 Å². The Hall–Kier alpha value is -1.75. The van der Waals surface area contributed by atoms with Crippen molar-refractivity contribution in [1.82, 2.24) is 5.32 Å². The molecule has 1 saturated carbocycles. The fourth-order valence-electron chi connectivity index (χ4n) is 3.99. The standard InChI is InChI=1S/C23H25Cl3N2O2/c1-15-6-2-5-9-20(15)27-23(30)22(18-7-3-4-8-19(18)26)28(21(29)14-24)17-12-10-16(25)11-13-17/h3-4,7-8,10-13,15,20,22H,2,5-6,9,14H2,1H3,(H,27,30)/t15-,20+,22-/m1/s1. The van der Waals surface area contributed by atoms with Crippen LogP contribution >= 0.6 is 34.8 Å². The average molecular weight is 468 g/mol. The minimum absolute atomic E-state index is 0.0643. The number of benzene rings is 2. The number of carbonyl (C=O) groups excluding carboxylic acids is 2. The molecule has 1 aliphatic rings. The molecule has 2 aromatic carbocycles. The second-order valence-corrected chi connectivity index (χ2v) is 8.79. The van der Waals surface area contributed by atoms with E-state index in [2.05, 4.69) is 12.2 Å². The first-order valence-electron chi connectivity index (χ1n) is 10.1. The van der Waals surface area contributed by atoms with Gasteiger partial charge in [-0.3, -0.25) is 14.5 Å². The Kier molecular flexibility index (Phi) is 8.04. The molecule has 4 nitrogen and oxygen atoms in total. The largest absolute Gasteiger partial charge is 0.351 e. The second-order valence-electron chi connectivity index (χ2n) is 7.67. The molecule has 0 heterocycles. The third-order valence-electron chi connectivity index (χ3n) is 5.63. The summed E-state index contributed by atoms with van der Waals surface area (Å²) in [5.41, 5.74) is 1.08. The second kappa shape index (κ2) is 10.5. The van der Waals surface area contributed by atoms with Gasteiger partial charge < -0.3 is 5.32 Å². The van der Waals surface area contributed by atoms with Crippen molar-refractivity contribution in [1.29, 1.82) is 0 Å². The number of nitrogens with one attached hydrogen (secondary N) is 1. The Balaban J connectivity index is 2.04. The third kappa shape index (κ3) is 5.29. The number of halogens is 3. The zero-order valence-electron chi connectivity index (χ0n) is 16.8. The smallest absolute Gasteiger partial charge is 0.248 e. The van der Waals surface area contributed by atoms with E-state index in [0.29, 0.717) is 27.2 Å². The van der Waals surface area contributed by atoms with Crippen LogP contribution in [0.2, 0.25) is 10.0 Å². The van der Waals surface area contributed by atoms with Crippen molar-refractivity contribution in [2.24, 2.45) is 5.92 Å². The number of anilines is 1. The Morgan fingerprint density at radius 1 is 1.07 bits per heavy atom. The molecule has 0 saturated heterocycles. The van der Waals surface area contributed by atoms with E-state index in [1.165, 1.54) is 11.3 Å². The zero-order valence-corrected chi connectivity index (χ0v) is 19.1. The topological polar surface area (TPSA) is 49.4 Å². The summed E-state index contributed by atoms with van der Waals surface area (Å²) in [7, 11) is 0. The third-order valence-corrected chi connectivity index (χ3v) is 6.46. The summed E-state index contributed by atoms with van der Waals surface area (Å²) in [6, 6.07) is 12.9. The maximum atomic E-state index is 13.6. The minimum atomic E-state index is -0.944. The van der Waals surface area contributed by atoms with Crippen LogP contribution in [-0.2, 0) is 9.59 Å². The predicted molar refractivity (Wildman–Crippen MR) is 123 cm³/mol. The van der Waals surface area contributed by atoms with Gasteiger partial charge in [-0.15, -0.1) is 11.6 Å². The van der Waals surface area contributed by atoms with Crippen LogP contribution in [0.15, 0.2) is 48.5 Å². The van der Waals surface area contributed by atoms with Crippen LogP contribution in [0.5, 0.6) is 0 Å². The van der Waals surface area contributed by atoms with Crippen LogP contribution in [0.25, 0.3) is 0 Å². The summed E-state index contributed by atoms with van der Waals surface area (Å²) in [4.78, 5) is 27.9. The van der Waals surface area contributed by atoms with Gasteiger partial charge >= 0.3 is 0 Å². The summed E-state index contributed by atoms with van der Waals surface area (Å²) in [6.07, 6.45) is 4.24. The first-order chi connectivity index (χ1) is 14.4. The number of alkyl halides is 1. The maximum Gasteiger partial charge on any atom is 0.248 e. The average Bonchev–Trinajstić information content (AvgIpc) is 2.74. The van der Waals surface area contributed by atoms with Crippen LogP contribution in [0.1, 0.15) is 44.2 Å². The highest BCUT2D eigenvalue weighted by molar-refractivity contribution is 6.32. The van der Waals surface area contributed by atoms with Gasteiger partial charge in [0.15, 0.2) is 0 Å². The van der Waals surface area contributed by atoms with E-state index in [4.69, 9.17) is 34.8 Å². The van der Waals surface area contributed by atoms with Gasteiger partial charge in [0.25, 0.3) is 0 Å². The first-order valence-corrected chi connectivity index (χ1v) is 11.4. The number of carbonyl (C=O) groups is 2. The molecular formula is C23H25Cl3N2O2. The highest BCUT2D eigenvalue weighted by Gasteiger charge is 2.35. The number of amides is 2. The molecule has 0 unspecified atom stereocenters. The van der Waals surface area contributed by atoms with Crippen LogP contribution < -0.4 is 10.2 Å². The van der Waals surface area contributed by atoms with E-state index >= 15 is 0 Å². The molecule has 0 bridgehead atoms. The van der Waals surface area contributed by atoms with Crippen molar-refractivity contribution < 1.29 is 9.59 Å². The van der Waals surface area contributed by atoms with Gasteiger partial charge in [0.1, 0.15) is 11.9 Å². The molecule has 1 aliphatic carbocycles. The number of rotatable bonds is 6. The molecule has 0 aliphatic heterocycles. The highest BCUT2D eigenvalue weighted by Crippen LogP contribution is 2.34. The molecule has 3 atom stereocenters. The van der Waals surface area contributed by atoms with E-state index in [9.17, 15) is 9.59 Å². The molecule has 2 aromatic rings. The number of hydrogen-bond donors (Lipinski definition) is 1. The molecule has 0 radical (unpaired) electrons. The zero-order chi connectivity index (χ0) is 21.7. The molecule has 2 amide bonds. The lowest BCUT2D eigenvalue weighted by Gasteiger charge is -2.35. The Labute approximate surface area is 192 Å². The fourth-order valence-corrected chi connectivity index (χ4v) is 4.48. The minimum Gasteiger partial charge on any atom is -0.351 e. The SMILES string of the molecule is C[C@@H]1CCCC[C@@H]1NC(=O)[C@@H](c1ccccc1Cl)N(C(=O)CCl)c1ccc(Cl)cc1. The predicted octanol–water partition coefficient (Wildman–Crippen LogP) is 6.00. The quantitative estimate of drug-likeness (QED) is 0.530. The van der Waals surface area contributed by atoms with Gasteiger partial charge in [-0.2, -0.15) is 0 Å². The van der Waals surface area contributed by atoms with E-state index in [-0.39, 0.29) is 17.8 Å². The van der Waals surface area contributed by atoms with E-state index in [1.807, 2.05) is 0 Å². The summed E-state index contributed by atoms with van der Waals surface area (Å²) in [5, 5.41) is 4.12. The number of hydrogen-bond acceptors (Lipinski definition) is 2. The number of nitrogens with zero attached hydrogens (tertiary/aromatic N) is 1. The molecule has 1 N–H and O–H groups in total. The Morgan fingerprint density at radius 3 is 2.37 bits per heavy atom. The molecule has 30 heavy (non-hydrogen) atoms. The lowest BCUT2D eigenvalue weighted by molar-refractivity contribution is -0.126. The van der Waals surface area contributed by atoms with Crippen molar-refractivity contribution in [2.75, 3.05) is 10.8 Å².